The zero-order valence-electron chi connectivity index (χ0n) is 14.3. The van der Waals surface area contributed by atoms with Crippen molar-refractivity contribution < 1.29 is 19.1 Å². The highest BCUT2D eigenvalue weighted by Crippen LogP contribution is 2.28. The van der Waals surface area contributed by atoms with Crippen molar-refractivity contribution in [2.75, 3.05) is 24.9 Å². The van der Waals surface area contributed by atoms with Gasteiger partial charge >= 0.3 is 0 Å². The van der Waals surface area contributed by atoms with Gasteiger partial charge in [-0.25, -0.2) is 0 Å². The van der Waals surface area contributed by atoms with E-state index in [1.54, 1.807) is 55.7 Å². The van der Waals surface area contributed by atoms with Crippen molar-refractivity contribution >= 4 is 29.3 Å². The van der Waals surface area contributed by atoms with E-state index < -0.39 is 0 Å². The van der Waals surface area contributed by atoms with E-state index in [0.29, 0.717) is 22.9 Å². The van der Waals surface area contributed by atoms with Gasteiger partial charge in [-0.05, 0) is 35.9 Å². The fraction of sp³-hybridized carbons (Fsp3) is 0.158. The van der Waals surface area contributed by atoms with E-state index in [1.165, 1.54) is 20.1 Å². The minimum Gasteiger partial charge on any atom is -0.497 e. The molecule has 2 aromatic carbocycles. The topological polar surface area (TPSA) is 76.7 Å². The fourth-order valence-corrected chi connectivity index (χ4v) is 2.14. The van der Waals surface area contributed by atoms with Gasteiger partial charge in [0, 0.05) is 24.8 Å². The number of methoxy groups -OCH3 is 2. The van der Waals surface area contributed by atoms with Crippen LogP contribution in [-0.4, -0.2) is 26.0 Å². The monoisotopic (exact) mass is 340 g/mol. The molecule has 0 radical (unpaired) electrons. The van der Waals surface area contributed by atoms with Crippen molar-refractivity contribution in [2.24, 2.45) is 0 Å². The lowest BCUT2D eigenvalue weighted by Crippen LogP contribution is -2.09. The minimum absolute atomic E-state index is 0.130. The van der Waals surface area contributed by atoms with Gasteiger partial charge in [-0.3, -0.25) is 9.59 Å². The van der Waals surface area contributed by atoms with Gasteiger partial charge in [0.05, 0.1) is 19.9 Å². The molecule has 25 heavy (non-hydrogen) atoms. The minimum atomic E-state index is -0.294. The lowest BCUT2D eigenvalue weighted by atomic mass is 10.2. The first-order valence-electron chi connectivity index (χ1n) is 7.60. The lowest BCUT2D eigenvalue weighted by molar-refractivity contribution is -0.114. The highest BCUT2D eigenvalue weighted by Gasteiger charge is 2.07. The number of nitrogens with one attached hydrogen (secondary N) is 2. The summed E-state index contributed by atoms with van der Waals surface area (Å²) in [7, 11) is 3.09. The third-order valence-corrected chi connectivity index (χ3v) is 3.32. The molecule has 6 nitrogen and oxygen atoms in total. The fourth-order valence-electron chi connectivity index (χ4n) is 2.14. The molecule has 0 unspecified atom stereocenters. The van der Waals surface area contributed by atoms with Crippen LogP contribution in [0.3, 0.4) is 0 Å². The summed E-state index contributed by atoms with van der Waals surface area (Å²) in [6.07, 6.45) is 3.10. The first kappa shape index (κ1) is 18.1. The number of hydrogen-bond acceptors (Lipinski definition) is 4. The molecule has 6 heteroatoms. The van der Waals surface area contributed by atoms with Gasteiger partial charge in [-0.2, -0.15) is 0 Å². The van der Waals surface area contributed by atoms with Crippen LogP contribution < -0.4 is 20.1 Å². The molecule has 0 bridgehead atoms. The Hall–Kier alpha value is -3.28. The van der Waals surface area contributed by atoms with Crippen LogP contribution in [0.25, 0.3) is 6.08 Å². The van der Waals surface area contributed by atoms with Gasteiger partial charge in [-0.1, -0.05) is 12.1 Å². The van der Waals surface area contributed by atoms with E-state index in [-0.39, 0.29) is 11.8 Å². The number of carbonyl (C=O) groups is 2. The Morgan fingerprint density at radius 1 is 0.960 bits per heavy atom. The lowest BCUT2D eigenvalue weighted by Gasteiger charge is -2.10. The summed E-state index contributed by atoms with van der Waals surface area (Å²) < 4.78 is 10.4. The molecule has 0 atom stereocenters. The summed E-state index contributed by atoms with van der Waals surface area (Å²) >= 11 is 0. The van der Waals surface area contributed by atoms with E-state index in [9.17, 15) is 9.59 Å². The highest BCUT2D eigenvalue weighted by atomic mass is 16.5. The van der Waals surface area contributed by atoms with Gasteiger partial charge in [0.25, 0.3) is 0 Å². The maximum atomic E-state index is 12.1. The molecule has 0 aliphatic rings. The molecule has 0 fully saturated rings. The molecule has 0 aliphatic heterocycles. The Morgan fingerprint density at radius 3 is 2.28 bits per heavy atom. The molecule has 2 aromatic rings. The third-order valence-electron chi connectivity index (χ3n) is 3.32. The normalized spacial score (nSPS) is 10.4. The maximum absolute atomic E-state index is 12.1. The predicted octanol–water partition coefficient (Wildman–Crippen LogP) is 3.31. The van der Waals surface area contributed by atoms with Crippen LogP contribution in [0.2, 0.25) is 0 Å². The number of carbonyl (C=O) groups excluding carboxylic acids is 2. The number of rotatable bonds is 6. The molecular weight excluding hydrogens is 320 g/mol. The van der Waals surface area contributed by atoms with Gasteiger partial charge in [0.1, 0.15) is 11.5 Å². The smallest absolute Gasteiger partial charge is 0.248 e. The van der Waals surface area contributed by atoms with Crippen LogP contribution >= 0.6 is 0 Å². The average molecular weight is 340 g/mol. The number of hydrogen-bond donors (Lipinski definition) is 2. The molecule has 0 heterocycles. The molecule has 0 saturated heterocycles. The Balaban J connectivity index is 2.04. The number of amides is 2. The van der Waals surface area contributed by atoms with Crippen LogP contribution in [-0.2, 0) is 9.59 Å². The van der Waals surface area contributed by atoms with E-state index in [1.807, 2.05) is 0 Å². The molecule has 0 aromatic heterocycles. The van der Waals surface area contributed by atoms with Crippen molar-refractivity contribution in [3.63, 3.8) is 0 Å². The summed E-state index contributed by atoms with van der Waals surface area (Å²) in [5.41, 5.74) is 2.06. The van der Waals surface area contributed by atoms with Crippen LogP contribution in [0.4, 0.5) is 11.4 Å². The summed E-state index contributed by atoms with van der Waals surface area (Å²) in [6, 6.07) is 12.3. The van der Waals surface area contributed by atoms with Crippen LogP contribution in [0.15, 0.2) is 48.5 Å². The standard InChI is InChI=1S/C19H20N2O4/c1-13(22)20-15-7-4-14(5-8-15)6-11-19(23)21-17-12-16(24-2)9-10-18(17)25-3/h4-12H,1-3H3,(H,20,22)(H,21,23)/b11-6+. The number of anilines is 2. The number of ether oxygens (including phenoxy) is 2. The van der Waals surface area contributed by atoms with Crippen molar-refractivity contribution in [3.8, 4) is 11.5 Å². The van der Waals surface area contributed by atoms with Gasteiger partial charge in [0.15, 0.2) is 0 Å². The molecule has 0 spiro atoms. The Kier molecular flexibility index (Phi) is 6.17. The van der Waals surface area contributed by atoms with Crippen molar-refractivity contribution in [2.45, 2.75) is 6.92 Å². The highest BCUT2D eigenvalue weighted by molar-refractivity contribution is 6.03. The average Bonchev–Trinajstić information content (AvgIpc) is 2.60. The zero-order valence-corrected chi connectivity index (χ0v) is 14.3. The molecule has 2 rings (SSSR count). The summed E-state index contributed by atoms with van der Waals surface area (Å²) in [4.78, 5) is 23.1. The number of benzene rings is 2. The van der Waals surface area contributed by atoms with Crippen LogP contribution in [0.5, 0.6) is 11.5 Å². The Bertz CT molecular complexity index is 783. The van der Waals surface area contributed by atoms with Gasteiger partial charge in [0.2, 0.25) is 11.8 Å². The predicted molar refractivity (Wildman–Crippen MR) is 98.0 cm³/mol. The molecule has 0 aliphatic carbocycles. The maximum Gasteiger partial charge on any atom is 0.248 e. The molecule has 2 N–H and O–H groups in total. The van der Waals surface area contributed by atoms with Gasteiger partial charge in [-0.15, -0.1) is 0 Å². The first-order chi connectivity index (χ1) is 12.0. The Morgan fingerprint density at radius 2 is 1.68 bits per heavy atom. The van der Waals surface area contributed by atoms with Crippen molar-refractivity contribution in [3.05, 3.63) is 54.1 Å². The van der Waals surface area contributed by atoms with Crippen LogP contribution in [0, 0.1) is 0 Å². The third kappa shape index (κ3) is 5.39. The zero-order chi connectivity index (χ0) is 18.2. The first-order valence-corrected chi connectivity index (χ1v) is 7.60. The van der Waals surface area contributed by atoms with E-state index in [0.717, 1.165) is 5.56 Å². The quantitative estimate of drug-likeness (QED) is 0.791. The van der Waals surface area contributed by atoms with Crippen molar-refractivity contribution in [1.82, 2.24) is 0 Å². The molecule has 130 valence electrons. The summed E-state index contributed by atoms with van der Waals surface area (Å²) in [6.45, 7) is 1.45. The molecule has 2 amide bonds. The Labute approximate surface area is 146 Å². The molecular formula is C19H20N2O4. The van der Waals surface area contributed by atoms with Gasteiger partial charge < -0.3 is 20.1 Å². The second-order valence-electron chi connectivity index (χ2n) is 5.19. The largest absolute Gasteiger partial charge is 0.497 e. The van der Waals surface area contributed by atoms with E-state index >= 15 is 0 Å². The SMILES string of the molecule is COc1ccc(OC)c(NC(=O)/C=C/c2ccc(NC(C)=O)cc2)c1. The van der Waals surface area contributed by atoms with E-state index in [2.05, 4.69) is 10.6 Å². The van der Waals surface area contributed by atoms with Crippen LogP contribution in [0.1, 0.15) is 12.5 Å². The summed E-state index contributed by atoms with van der Waals surface area (Å²) in [5.74, 6) is 0.739. The second-order valence-corrected chi connectivity index (χ2v) is 5.19. The van der Waals surface area contributed by atoms with E-state index in [4.69, 9.17) is 9.47 Å². The van der Waals surface area contributed by atoms with Crippen molar-refractivity contribution in [1.29, 1.82) is 0 Å². The summed E-state index contributed by atoms with van der Waals surface area (Å²) in [5, 5.41) is 5.44. The molecule has 0 saturated carbocycles. The second kappa shape index (κ2) is 8.54.